The predicted molar refractivity (Wildman–Crippen MR) is 130 cm³/mol. The predicted octanol–water partition coefficient (Wildman–Crippen LogP) is 6.09. The minimum atomic E-state index is -3.43. The Labute approximate surface area is 195 Å². The standard InChI is InChI=1S/C24H19ClN2O3S2/c1-15-4-3-5-16(12-15)20-14-18(32(2,29)30)7-8-19(20)23(28)27-17-6-9-22(25)21(13-17)24-26-10-11-31-24/h3-14H,1-2H3,(H,27,28). The molecule has 0 spiro atoms. The number of benzene rings is 3. The van der Waals surface area contributed by atoms with E-state index in [1.54, 1.807) is 36.5 Å². The minimum absolute atomic E-state index is 0.156. The van der Waals surface area contributed by atoms with E-state index in [-0.39, 0.29) is 10.8 Å². The van der Waals surface area contributed by atoms with Gasteiger partial charge in [0.15, 0.2) is 9.84 Å². The molecule has 0 radical (unpaired) electrons. The van der Waals surface area contributed by atoms with Crippen molar-refractivity contribution < 1.29 is 13.2 Å². The first-order valence-corrected chi connectivity index (χ1v) is 12.8. The van der Waals surface area contributed by atoms with E-state index in [2.05, 4.69) is 10.3 Å². The van der Waals surface area contributed by atoms with Crippen LogP contribution in [0.25, 0.3) is 21.7 Å². The van der Waals surface area contributed by atoms with Gasteiger partial charge in [0.25, 0.3) is 5.91 Å². The zero-order chi connectivity index (χ0) is 22.9. The summed E-state index contributed by atoms with van der Waals surface area (Å²) in [5, 5.41) is 6.05. The molecular formula is C24H19ClN2O3S2. The quantitative estimate of drug-likeness (QED) is 0.373. The molecule has 4 aromatic rings. The molecule has 0 aliphatic heterocycles. The lowest BCUT2D eigenvalue weighted by atomic mass is 9.97. The summed E-state index contributed by atoms with van der Waals surface area (Å²) >= 11 is 7.77. The molecular weight excluding hydrogens is 464 g/mol. The van der Waals surface area contributed by atoms with E-state index in [0.717, 1.165) is 28.0 Å². The topological polar surface area (TPSA) is 76.1 Å². The first-order valence-electron chi connectivity index (χ1n) is 9.64. The zero-order valence-corrected chi connectivity index (χ0v) is 19.7. The van der Waals surface area contributed by atoms with Crippen molar-refractivity contribution in [3.05, 3.63) is 88.4 Å². The molecule has 0 unspecified atom stereocenters. The molecule has 0 aliphatic carbocycles. The van der Waals surface area contributed by atoms with Gasteiger partial charge >= 0.3 is 0 Å². The molecule has 162 valence electrons. The highest BCUT2D eigenvalue weighted by Gasteiger charge is 2.18. The minimum Gasteiger partial charge on any atom is -0.322 e. The van der Waals surface area contributed by atoms with Gasteiger partial charge in [-0.3, -0.25) is 4.79 Å². The molecule has 0 fully saturated rings. The van der Waals surface area contributed by atoms with Crippen molar-refractivity contribution in [2.45, 2.75) is 11.8 Å². The second-order valence-corrected chi connectivity index (χ2v) is 10.7. The van der Waals surface area contributed by atoms with Gasteiger partial charge < -0.3 is 5.32 Å². The summed E-state index contributed by atoms with van der Waals surface area (Å²) in [5.41, 5.74) is 3.97. The molecule has 0 saturated heterocycles. The largest absolute Gasteiger partial charge is 0.322 e. The molecule has 3 aromatic carbocycles. The first-order chi connectivity index (χ1) is 15.2. The second kappa shape index (κ2) is 8.86. The van der Waals surface area contributed by atoms with Crippen molar-refractivity contribution in [2.75, 3.05) is 11.6 Å². The molecule has 1 amide bonds. The molecule has 1 N–H and O–H groups in total. The van der Waals surface area contributed by atoms with Crippen molar-refractivity contribution in [1.29, 1.82) is 0 Å². The lowest BCUT2D eigenvalue weighted by molar-refractivity contribution is 0.102. The Morgan fingerprint density at radius 2 is 1.84 bits per heavy atom. The molecule has 0 bridgehead atoms. The number of anilines is 1. The van der Waals surface area contributed by atoms with E-state index >= 15 is 0 Å². The number of carbonyl (C=O) groups is 1. The molecule has 32 heavy (non-hydrogen) atoms. The number of carbonyl (C=O) groups excluding carboxylic acids is 1. The third kappa shape index (κ3) is 4.75. The van der Waals surface area contributed by atoms with Crippen molar-refractivity contribution >= 4 is 44.4 Å². The highest BCUT2D eigenvalue weighted by molar-refractivity contribution is 7.90. The van der Waals surface area contributed by atoms with Crippen LogP contribution in [0.4, 0.5) is 5.69 Å². The third-order valence-corrected chi connectivity index (χ3v) is 7.13. The van der Waals surface area contributed by atoms with Gasteiger partial charge in [-0.15, -0.1) is 11.3 Å². The van der Waals surface area contributed by atoms with E-state index in [1.807, 2.05) is 36.6 Å². The molecule has 1 aromatic heterocycles. The number of aromatic nitrogens is 1. The van der Waals surface area contributed by atoms with Crippen LogP contribution in [0.5, 0.6) is 0 Å². The smallest absolute Gasteiger partial charge is 0.256 e. The lowest BCUT2D eigenvalue weighted by Crippen LogP contribution is -2.14. The fraction of sp³-hybridized carbons (Fsp3) is 0.0833. The van der Waals surface area contributed by atoms with Crippen molar-refractivity contribution in [2.24, 2.45) is 0 Å². The highest BCUT2D eigenvalue weighted by atomic mass is 35.5. The van der Waals surface area contributed by atoms with Gasteiger partial charge in [0.1, 0.15) is 5.01 Å². The molecule has 5 nitrogen and oxygen atoms in total. The van der Waals surface area contributed by atoms with Gasteiger partial charge in [0, 0.05) is 34.6 Å². The Hall–Kier alpha value is -3.00. The lowest BCUT2D eigenvalue weighted by Gasteiger charge is -2.13. The summed E-state index contributed by atoms with van der Waals surface area (Å²) in [6.07, 6.45) is 2.84. The second-order valence-electron chi connectivity index (χ2n) is 7.34. The van der Waals surface area contributed by atoms with E-state index in [9.17, 15) is 13.2 Å². The summed E-state index contributed by atoms with van der Waals surface area (Å²) in [4.78, 5) is 17.7. The number of hydrogen-bond donors (Lipinski definition) is 1. The number of hydrogen-bond acceptors (Lipinski definition) is 5. The maximum atomic E-state index is 13.2. The van der Waals surface area contributed by atoms with Crippen LogP contribution in [0.15, 0.2) is 77.1 Å². The van der Waals surface area contributed by atoms with Gasteiger partial charge in [-0.2, -0.15) is 0 Å². The Balaban J connectivity index is 1.75. The molecule has 1 heterocycles. The third-order valence-electron chi connectivity index (χ3n) is 4.88. The number of rotatable bonds is 5. The SMILES string of the molecule is Cc1cccc(-c2cc(S(C)(=O)=O)ccc2C(=O)Nc2ccc(Cl)c(-c3nccs3)c2)c1. The summed E-state index contributed by atoms with van der Waals surface area (Å²) in [6, 6.07) is 17.3. The average molecular weight is 483 g/mol. The van der Waals surface area contributed by atoms with Gasteiger partial charge in [0.05, 0.1) is 9.92 Å². The number of thiazole rings is 1. The Morgan fingerprint density at radius 3 is 2.53 bits per heavy atom. The first kappa shape index (κ1) is 22.2. The highest BCUT2D eigenvalue weighted by Crippen LogP contribution is 2.33. The molecule has 0 atom stereocenters. The van der Waals surface area contributed by atoms with E-state index in [1.165, 1.54) is 17.4 Å². The van der Waals surface area contributed by atoms with Crippen LogP contribution >= 0.6 is 22.9 Å². The van der Waals surface area contributed by atoms with Crippen molar-refractivity contribution in [3.8, 4) is 21.7 Å². The monoisotopic (exact) mass is 482 g/mol. The number of halogens is 1. The fourth-order valence-corrected chi connectivity index (χ4v) is 4.90. The number of sulfone groups is 1. The molecule has 4 rings (SSSR count). The number of aryl methyl sites for hydroxylation is 1. The molecule has 8 heteroatoms. The number of amides is 1. The summed E-state index contributed by atoms with van der Waals surface area (Å²) in [6.45, 7) is 1.94. The fourth-order valence-electron chi connectivity index (χ4n) is 3.33. The van der Waals surface area contributed by atoms with Crippen LogP contribution in [0.1, 0.15) is 15.9 Å². The van der Waals surface area contributed by atoms with Gasteiger partial charge in [-0.05, 0) is 54.4 Å². The van der Waals surface area contributed by atoms with E-state index in [0.29, 0.717) is 21.8 Å². The molecule has 0 aliphatic rings. The number of nitrogens with one attached hydrogen (secondary N) is 1. The van der Waals surface area contributed by atoms with E-state index in [4.69, 9.17) is 11.6 Å². The molecule has 0 saturated carbocycles. The Kier molecular flexibility index (Phi) is 6.15. The summed E-state index contributed by atoms with van der Waals surface area (Å²) in [7, 11) is -3.43. The van der Waals surface area contributed by atoms with Crippen LogP contribution in [-0.2, 0) is 9.84 Å². The summed E-state index contributed by atoms with van der Waals surface area (Å²) < 4.78 is 24.2. The van der Waals surface area contributed by atoms with Crippen LogP contribution in [-0.4, -0.2) is 25.6 Å². The van der Waals surface area contributed by atoms with Crippen LogP contribution in [0, 0.1) is 6.92 Å². The zero-order valence-electron chi connectivity index (χ0n) is 17.3. The Bertz CT molecular complexity index is 1420. The van der Waals surface area contributed by atoms with Crippen molar-refractivity contribution in [1.82, 2.24) is 4.98 Å². The normalized spacial score (nSPS) is 11.3. The van der Waals surface area contributed by atoms with Crippen molar-refractivity contribution in [3.63, 3.8) is 0 Å². The van der Waals surface area contributed by atoms with E-state index < -0.39 is 9.84 Å². The van der Waals surface area contributed by atoms with Gasteiger partial charge in [0.2, 0.25) is 0 Å². The van der Waals surface area contributed by atoms with Gasteiger partial charge in [-0.1, -0.05) is 41.4 Å². The maximum Gasteiger partial charge on any atom is 0.256 e. The number of nitrogens with zero attached hydrogens (tertiary/aromatic N) is 1. The van der Waals surface area contributed by atoms with Crippen LogP contribution in [0.3, 0.4) is 0 Å². The van der Waals surface area contributed by atoms with Gasteiger partial charge in [-0.25, -0.2) is 13.4 Å². The van der Waals surface area contributed by atoms with Crippen LogP contribution < -0.4 is 5.32 Å². The van der Waals surface area contributed by atoms with Crippen LogP contribution in [0.2, 0.25) is 5.02 Å². The maximum absolute atomic E-state index is 13.2. The summed E-state index contributed by atoms with van der Waals surface area (Å²) in [5.74, 6) is -0.353. The Morgan fingerprint density at radius 1 is 1.03 bits per heavy atom. The average Bonchev–Trinajstić information content (AvgIpc) is 3.28.